The summed E-state index contributed by atoms with van der Waals surface area (Å²) < 4.78 is 35.0. The van der Waals surface area contributed by atoms with Gasteiger partial charge in [-0.15, -0.1) is 0 Å². The normalized spacial score (nSPS) is 33.2. The van der Waals surface area contributed by atoms with E-state index in [1.807, 2.05) is 0 Å². The Bertz CT molecular complexity index is 471. The molecule has 2 saturated heterocycles. The van der Waals surface area contributed by atoms with Crippen LogP contribution in [0.15, 0.2) is 24.3 Å². The number of nitrogens with one attached hydrogen (secondary N) is 1. The molecule has 3 rings (SSSR count). The molecule has 0 radical (unpaired) electrons. The average Bonchev–Trinajstić information content (AvgIpc) is 2.37. The van der Waals surface area contributed by atoms with Crippen LogP contribution in [0.2, 0.25) is 0 Å². The molecule has 2 unspecified atom stereocenters. The Balaban J connectivity index is 1.91. The van der Waals surface area contributed by atoms with Crippen molar-refractivity contribution >= 4 is 0 Å². The van der Waals surface area contributed by atoms with Crippen molar-refractivity contribution in [1.29, 1.82) is 0 Å². The van der Waals surface area contributed by atoms with Crippen LogP contribution in [-0.4, -0.2) is 37.0 Å². The number of piperidine rings is 1. The highest BCUT2D eigenvalue weighted by Crippen LogP contribution is 2.41. The third-order valence-corrected chi connectivity index (χ3v) is 3.88. The first-order chi connectivity index (χ1) is 9.57. The van der Waals surface area contributed by atoms with E-state index < -0.39 is 12.2 Å². The molecule has 2 bridgehead atoms. The predicted molar refractivity (Wildman–Crippen MR) is 67.7 cm³/mol. The maximum atomic E-state index is 12.5. The van der Waals surface area contributed by atoms with E-state index in [1.165, 1.54) is 6.07 Å². The fourth-order valence-electron chi connectivity index (χ4n) is 3.19. The summed E-state index contributed by atoms with van der Waals surface area (Å²) in [5.41, 5.74) is -0.728. The van der Waals surface area contributed by atoms with Gasteiger partial charge in [-0.1, -0.05) is 18.2 Å². The smallest absolute Gasteiger partial charge is 0.387 e. The summed E-state index contributed by atoms with van der Waals surface area (Å²) in [5.74, 6) is 0.0471. The molecule has 2 aliphatic heterocycles. The van der Waals surface area contributed by atoms with Crippen LogP contribution < -0.4 is 10.1 Å². The van der Waals surface area contributed by atoms with Gasteiger partial charge in [0.05, 0.1) is 18.8 Å². The molecular weight excluding hydrogens is 268 g/mol. The standard InChI is InChI=1S/C14H17F2NO3/c15-13(16)20-12-4-2-1-3-11(12)14(18)5-9-7-19-8-10(6-14)17-9/h1-4,9-10,13,17-18H,5-8H2. The molecule has 0 aromatic heterocycles. The molecule has 0 spiro atoms. The Hall–Kier alpha value is -1.24. The van der Waals surface area contributed by atoms with Gasteiger partial charge >= 0.3 is 6.61 Å². The third kappa shape index (κ3) is 2.63. The monoisotopic (exact) mass is 285 g/mol. The fourth-order valence-corrected chi connectivity index (χ4v) is 3.19. The van der Waals surface area contributed by atoms with Gasteiger partial charge < -0.3 is 19.9 Å². The summed E-state index contributed by atoms with van der Waals surface area (Å²) in [4.78, 5) is 0. The van der Waals surface area contributed by atoms with Crippen molar-refractivity contribution < 1.29 is 23.4 Å². The van der Waals surface area contributed by atoms with Gasteiger partial charge in [-0.2, -0.15) is 8.78 Å². The second-order valence-corrected chi connectivity index (χ2v) is 5.41. The molecule has 1 aromatic rings. The SMILES string of the molecule is OC1(c2ccccc2OC(F)F)CC2COCC(C1)N2. The van der Waals surface area contributed by atoms with Gasteiger partial charge in [-0.3, -0.25) is 0 Å². The minimum atomic E-state index is -2.90. The van der Waals surface area contributed by atoms with Crippen LogP contribution in [0.25, 0.3) is 0 Å². The lowest BCUT2D eigenvalue weighted by atomic mass is 9.78. The number of hydrogen-bond acceptors (Lipinski definition) is 4. The lowest BCUT2D eigenvalue weighted by molar-refractivity contribution is -0.0868. The molecule has 2 aliphatic rings. The molecule has 2 heterocycles. The van der Waals surface area contributed by atoms with Crippen molar-refractivity contribution in [3.05, 3.63) is 29.8 Å². The molecule has 20 heavy (non-hydrogen) atoms. The highest BCUT2D eigenvalue weighted by Gasteiger charge is 2.43. The number of fused-ring (bicyclic) bond motifs is 2. The quantitative estimate of drug-likeness (QED) is 0.886. The first kappa shape index (κ1) is 13.7. The van der Waals surface area contributed by atoms with Crippen LogP contribution in [0, 0.1) is 0 Å². The van der Waals surface area contributed by atoms with E-state index in [2.05, 4.69) is 10.1 Å². The summed E-state index contributed by atoms with van der Waals surface area (Å²) in [5, 5.41) is 14.3. The van der Waals surface area contributed by atoms with E-state index >= 15 is 0 Å². The summed E-state index contributed by atoms with van der Waals surface area (Å²) in [6.45, 7) is -1.85. The zero-order chi connectivity index (χ0) is 14.2. The van der Waals surface area contributed by atoms with Gasteiger partial charge in [0.1, 0.15) is 5.75 Å². The molecule has 0 amide bonds. The van der Waals surface area contributed by atoms with Gasteiger partial charge in [0, 0.05) is 17.6 Å². The number of alkyl halides is 2. The Morgan fingerprint density at radius 2 is 1.90 bits per heavy atom. The number of halogens is 2. The van der Waals surface area contributed by atoms with Crippen molar-refractivity contribution in [2.24, 2.45) is 0 Å². The highest BCUT2D eigenvalue weighted by molar-refractivity contribution is 5.39. The second-order valence-electron chi connectivity index (χ2n) is 5.41. The van der Waals surface area contributed by atoms with E-state index in [0.717, 1.165) is 0 Å². The zero-order valence-electron chi connectivity index (χ0n) is 10.9. The highest BCUT2D eigenvalue weighted by atomic mass is 19.3. The molecule has 2 atom stereocenters. The van der Waals surface area contributed by atoms with Crippen LogP contribution in [0.4, 0.5) is 8.78 Å². The van der Waals surface area contributed by atoms with Crippen molar-refractivity contribution in [3.8, 4) is 5.75 Å². The van der Waals surface area contributed by atoms with Crippen molar-refractivity contribution in [3.63, 3.8) is 0 Å². The average molecular weight is 285 g/mol. The van der Waals surface area contributed by atoms with E-state index in [9.17, 15) is 13.9 Å². The van der Waals surface area contributed by atoms with Gasteiger partial charge in [0.25, 0.3) is 0 Å². The molecule has 2 N–H and O–H groups in total. The number of para-hydroxylation sites is 1. The van der Waals surface area contributed by atoms with Crippen molar-refractivity contribution in [2.45, 2.75) is 37.1 Å². The van der Waals surface area contributed by atoms with Gasteiger partial charge in [0.15, 0.2) is 0 Å². The predicted octanol–water partition coefficient (Wildman–Crippen LogP) is 1.63. The van der Waals surface area contributed by atoms with Crippen LogP contribution in [0.1, 0.15) is 18.4 Å². The number of hydrogen-bond donors (Lipinski definition) is 2. The minimum Gasteiger partial charge on any atom is -0.434 e. The van der Waals surface area contributed by atoms with E-state index in [1.54, 1.807) is 18.2 Å². The number of rotatable bonds is 3. The van der Waals surface area contributed by atoms with E-state index in [-0.39, 0.29) is 17.8 Å². The Morgan fingerprint density at radius 3 is 2.55 bits per heavy atom. The molecule has 2 fully saturated rings. The number of aliphatic hydroxyl groups is 1. The molecule has 6 heteroatoms. The first-order valence-corrected chi connectivity index (χ1v) is 6.67. The summed E-state index contributed by atoms with van der Waals surface area (Å²) >= 11 is 0. The molecule has 1 aromatic carbocycles. The van der Waals surface area contributed by atoms with Crippen molar-refractivity contribution in [1.82, 2.24) is 5.32 Å². The number of ether oxygens (including phenoxy) is 2. The molecule has 0 aliphatic carbocycles. The van der Waals surface area contributed by atoms with Gasteiger partial charge in [-0.05, 0) is 18.9 Å². The summed E-state index contributed by atoms with van der Waals surface area (Å²) in [6, 6.07) is 6.53. The van der Waals surface area contributed by atoms with Gasteiger partial charge in [0.2, 0.25) is 0 Å². The Kier molecular flexibility index (Phi) is 3.62. The zero-order valence-corrected chi connectivity index (χ0v) is 10.9. The first-order valence-electron chi connectivity index (χ1n) is 6.67. The van der Waals surface area contributed by atoms with Crippen LogP contribution >= 0.6 is 0 Å². The number of benzene rings is 1. The molecule has 4 nitrogen and oxygen atoms in total. The van der Waals surface area contributed by atoms with Crippen LogP contribution in [0.5, 0.6) is 5.75 Å². The molecule has 0 saturated carbocycles. The maximum absolute atomic E-state index is 12.5. The lowest BCUT2D eigenvalue weighted by Crippen LogP contribution is -2.58. The Labute approximate surface area is 115 Å². The number of morpholine rings is 1. The third-order valence-electron chi connectivity index (χ3n) is 3.88. The van der Waals surface area contributed by atoms with Crippen LogP contribution in [-0.2, 0) is 10.3 Å². The topological polar surface area (TPSA) is 50.7 Å². The molecule has 110 valence electrons. The largest absolute Gasteiger partial charge is 0.434 e. The maximum Gasteiger partial charge on any atom is 0.387 e. The van der Waals surface area contributed by atoms with Crippen molar-refractivity contribution in [2.75, 3.05) is 13.2 Å². The van der Waals surface area contributed by atoms with Crippen LogP contribution in [0.3, 0.4) is 0 Å². The van der Waals surface area contributed by atoms with E-state index in [0.29, 0.717) is 31.6 Å². The van der Waals surface area contributed by atoms with Gasteiger partial charge in [-0.25, -0.2) is 0 Å². The molecular formula is C14H17F2NO3. The summed E-state index contributed by atoms with van der Waals surface area (Å²) in [6.07, 6.45) is 0.847. The fraction of sp³-hybridized carbons (Fsp3) is 0.571. The minimum absolute atomic E-state index is 0.0344. The lowest BCUT2D eigenvalue weighted by Gasteiger charge is -2.45. The second kappa shape index (κ2) is 5.27. The van der Waals surface area contributed by atoms with E-state index in [4.69, 9.17) is 4.74 Å². The summed E-state index contributed by atoms with van der Waals surface area (Å²) in [7, 11) is 0. The Morgan fingerprint density at radius 1 is 1.25 bits per heavy atom.